The van der Waals surface area contributed by atoms with Crippen LogP contribution in [-0.4, -0.2) is 44.2 Å². The zero-order valence-electron chi connectivity index (χ0n) is 22.5. The lowest BCUT2D eigenvalue weighted by Crippen LogP contribution is -2.16. The van der Waals surface area contributed by atoms with Gasteiger partial charge in [-0.1, -0.05) is 39.5 Å². The average molecular weight is 515 g/mol. The number of Topliss-reactive ketones (excluding diaryl/α,β-unsaturated/α-hetero) is 1. The normalized spacial score (nSPS) is 10.6. The minimum atomic E-state index is -1.11. The van der Waals surface area contributed by atoms with Crippen LogP contribution in [-0.2, 0) is 17.6 Å². The lowest BCUT2D eigenvalue weighted by atomic mass is 9.98. The number of aromatic carboxylic acids is 1. The summed E-state index contributed by atoms with van der Waals surface area (Å²) in [5.41, 5.74) is 1.15. The predicted octanol–water partition coefficient (Wildman–Crippen LogP) is 6.05. The van der Waals surface area contributed by atoms with Gasteiger partial charge in [-0.3, -0.25) is 4.79 Å². The van der Waals surface area contributed by atoms with Gasteiger partial charge in [0.05, 0.1) is 21.3 Å². The predicted molar refractivity (Wildman–Crippen MR) is 141 cm³/mol. The van der Waals surface area contributed by atoms with Crippen LogP contribution < -0.4 is 18.9 Å². The first kappa shape index (κ1) is 29.7. The quantitative estimate of drug-likeness (QED) is 0.164. The Morgan fingerprint density at radius 2 is 1.32 bits per heavy atom. The molecule has 0 spiro atoms. The summed E-state index contributed by atoms with van der Waals surface area (Å²) >= 11 is 0. The van der Waals surface area contributed by atoms with Crippen LogP contribution in [0.15, 0.2) is 24.3 Å². The van der Waals surface area contributed by atoms with Crippen molar-refractivity contribution in [1.82, 2.24) is 0 Å². The number of rotatable bonds is 16. The molecule has 2 aromatic rings. The van der Waals surface area contributed by atoms with Crippen molar-refractivity contribution in [1.29, 1.82) is 0 Å². The summed E-state index contributed by atoms with van der Waals surface area (Å²) in [4.78, 5) is 38.0. The van der Waals surface area contributed by atoms with E-state index in [1.54, 1.807) is 18.2 Å². The van der Waals surface area contributed by atoms with Gasteiger partial charge in [-0.25, -0.2) is 9.59 Å². The van der Waals surface area contributed by atoms with E-state index in [1.807, 2.05) is 0 Å². The smallest absolute Gasteiger partial charge is 0.347 e. The first-order chi connectivity index (χ1) is 17.8. The van der Waals surface area contributed by atoms with Crippen LogP contribution in [0.4, 0.5) is 0 Å². The molecule has 0 heterocycles. The molecule has 0 fully saturated rings. The summed E-state index contributed by atoms with van der Waals surface area (Å²) in [6.07, 6.45) is 6.39. The van der Waals surface area contributed by atoms with E-state index >= 15 is 0 Å². The van der Waals surface area contributed by atoms with Crippen molar-refractivity contribution in [2.75, 3.05) is 21.3 Å². The maximum atomic E-state index is 13.4. The van der Waals surface area contributed by atoms with Crippen LogP contribution in [0.1, 0.15) is 90.6 Å². The number of carboxylic acid groups (broad SMARTS) is 1. The third-order valence-electron chi connectivity index (χ3n) is 6.12. The number of carbonyl (C=O) groups excluding carboxylic acids is 2. The van der Waals surface area contributed by atoms with Gasteiger partial charge in [0.1, 0.15) is 39.9 Å². The third kappa shape index (κ3) is 8.23. The van der Waals surface area contributed by atoms with Gasteiger partial charge in [0.2, 0.25) is 0 Å². The summed E-state index contributed by atoms with van der Waals surface area (Å²) in [6, 6.07) is 6.15. The highest BCUT2D eigenvalue weighted by atomic mass is 16.5. The highest BCUT2D eigenvalue weighted by molar-refractivity contribution is 5.98. The molecular formula is C29H38O8. The van der Waals surface area contributed by atoms with Crippen molar-refractivity contribution in [2.24, 2.45) is 0 Å². The molecule has 202 valence electrons. The number of esters is 1. The van der Waals surface area contributed by atoms with Crippen molar-refractivity contribution in [3.63, 3.8) is 0 Å². The number of ketones is 1. The lowest BCUT2D eigenvalue weighted by molar-refractivity contribution is -0.118. The Labute approximate surface area is 218 Å². The minimum absolute atomic E-state index is 0.00324. The summed E-state index contributed by atoms with van der Waals surface area (Å²) in [7, 11) is 4.29. The van der Waals surface area contributed by atoms with Crippen LogP contribution in [0, 0.1) is 0 Å². The molecule has 0 aliphatic rings. The highest BCUT2D eigenvalue weighted by Crippen LogP contribution is 2.34. The van der Waals surface area contributed by atoms with Gasteiger partial charge < -0.3 is 24.1 Å². The molecule has 8 nitrogen and oxygen atoms in total. The number of unbranched alkanes of at least 4 members (excludes halogenated alkanes) is 4. The summed E-state index contributed by atoms with van der Waals surface area (Å²) in [5, 5.41) is 9.75. The lowest BCUT2D eigenvalue weighted by Gasteiger charge is -2.17. The second kappa shape index (κ2) is 14.9. The monoisotopic (exact) mass is 514 g/mol. The van der Waals surface area contributed by atoms with E-state index in [0.717, 1.165) is 38.5 Å². The fourth-order valence-corrected chi connectivity index (χ4v) is 4.20. The van der Waals surface area contributed by atoms with E-state index in [0.29, 0.717) is 29.7 Å². The summed E-state index contributed by atoms with van der Waals surface area (Å²) in [5.74, 6) is -0.895. The Balaban J connectivity index is 2.47. The number of carbonyl (C=O) groups is 3. The first-order valence-electron chi connectivity index (χ1n) is 12.7. The maximum Gasteiger partial charge on any atom is 0.347 e. The van der Waals surface area contributed by atoms with E-state index in [2.05, 4.69) is 13.8 Å². The fraction of sp³-hybridized carbons (Fsp3) is 0.483. The third-order valence-corrected chi connectivity index (χ3v) is 6.12. The molecule has 0 aliphatic carbocycles. The Morgan fingerprint density at radius 3 is 1.92 bits per heavy atom. The molecule has 2 aromatic carbocycles. The van der Waals surface area contributed by atoms with Gasteiger partial charge in [-0.15, -0.1) is 0 Å². The Kier molecular flexibility index (Phi) is 11.9. The van der Waals surface area contributed by atoms with Crippen molar-refractivity contribution >= 4 is 17.7 Å². The largest absolute Gasteiger partial charge is 0.497 e. The number of hydrogen-bond acceptors (Lipinski definition) is 7. The second-order valence-electron chi connectivity index (χ2n) is 8.85. The molecule has 0 amide bonds. The zero-order valence-corrected chi connectivity index (χ0v) is 22.5. The number of hydrogen-bond donors (Lipinski definition) is 1. The fourth-order valence-electron chi connectivity index (χ4n) is 4.20. The molecule has 2 rings (SSSR count). The molecule has 0 aromatic heterocycles. The van der Waals surface area contributed by atoms with E-state index < -0.39 is 11.9 Å². The standard InChI is InChI=1S/C29H38O8/c1-6-8-10-12-19-15-23(18-24(35-4)26(19)28(31)32)37-29(33)27-20(14-21(30)13-11-9-7-2)16-22(34-3)17-25(27)36-5/h15-18H,6-14H2,1-5H3,(H,31,32). The van der Waals surface area contributed by atoms with Crippen LogP contribution in [0.5, 0.6) is 23.0 Å². The van der Waals surface area contributed by atoms with E-state index in [1.165, 1.54) is 27.4 Å². The molecule has 0 bridgehead atoms. The number of aryl methyl sites for hydroxylation is 1. The zero-order chi connectivity index (χ0) is 27.4. The van der Waals surface area contributed by atoms with Gasteiger partial charge in [-0.05, 0) is 42.5 Å². The average Bonchev–Trinajstić information content (AvgIpc) is 2.87. The van der Waals surface area contributed by atoms with E-state index in [9.17, 15) is 19.5 Å². The molecule has 37 heavy (non-hydrogen) atoms. The molecule has 0 atom stereocenters. The Hall–Kier alpha value is -3.55. The molecule has 0 aliphatic heterocycles. The van der Waals surface area contributed by atoms with Crippen molar-refractivity contribution in [3.05, 3.63) is 46.5 Å². The van der Waals surface area contributed by atoms with E-state index in [-0.39, 0.29) is 40.6 Å². The molecule has 0 unspecified atom stereocenters. The SMILES string of the molecule is CCCCCC(=O)Cc1cc(OC)cc(OC)c1C(=O)Oc1cc(CCCCC)c(C(=O)O)c(OC)c1. The number of carboxylic acids is 1. The molecule has 0 saturated carbocycles. The molecule has 1 N–H and O–H groups in total. The number of benzene rings is 2. The maximum absolute atomic E-state index is 13.4. The second-order valence-corrected chi connectivity index (χ2v) is 8.85. The molecule has 8 heteroatoms. The highest BCUT2D eigenvalue weighted by Gasteiger charge is 2.25. The van der Waals surface area contributed by atoms with Gasteiger partial charge >= 0.3 is 11.9 Å². The molecule has 0 radical (unpaired) electrons. The van der Waals surface area contributed by atoms with Gasteiger partial charge in [0.25, 0.3) is 0 Å². The first-order valence-corrected chi connectivity index (χ1v) is 12.7. The molecular weight excluding hydrogens is 476 g/mol. The van der Waals surface area contributed by atoms with Crippen LogP contribution in [0.25, 0.3) is 0 Å². The van der Waals surface area contributed by atoms with Crippen molar-refractivity contribution in [2.45, 2.75) is 71.6 Å². The van der Waals surface area contributed by atoms with Crippen LogP contribution in [0.2, 0.25) is 0 Å². The topological polar surface area (TPSA) is 108 Å². The minimum Gasteiger partial charge on any atom is -0.497 e. The van der Waals surface area contributed by atoms with Gasteiger partial charge in [-0.2, -0.15) is 0 Å². The number of ether oxygens (including phenoxy) is 4. The van der Waals surface area contributed by atoms with Gasteiger partial charge in [0, 0.05) is 25.0 Å². The summed E-state index contributed by atoms with van der Waals surface area (Å²) in [6.45, 7) is 4.13. The Bertz CT molecular complexity index is 1090. The van der Waals surface area contributed by atoms with Crippen LogP contribution >= 0.6 is 0 Å². The number of methoxy groups -OCH3 is 3. The summed E-state index contributed by atoms with van der Waals surface area (Å²) < 4.78 is 21.8. The van der Waals surface area contributed by atoms with Crippen molar-refractivity contribution in [3.8, 4) is 23.0 Å². The van der Waals surface area contributed by atoms with Gasteiger partial charge in [0.15, 0.2) is 0 Å². The Morgan fingerprint density at radius 1 is 0.730 bits per heavy atom. The van der Waals surface area contributed by atoms with Crippen LogP contribution in [0.3, 0.4) is 0 Å². The van der Waals surface area contributed by atoms with Crippen molar-refractivity contribution < 1.29 is 38.4 Å². The van der Waals surface area contributed by atoms with E-state index in [4.69, 9.17) is 18.9 Å². The molecule has 0 saturated heterocycles.